The van der Waals surface area contributed by atoms with Gasteiger partial charge < -0.3 is 14.4 Å². The van der Waals surface area contributed by atoms with Gasteiger partial charge in [0, 0.05) is 12.6 Å². The van der Waals surface area contributed by atoms with Gasteiger partial charge in [0.1, 0.15) is 11.3 Å². The number of hydrogen-bond donors (Lipinski definition) is 0. The number of amides is 1. The van der Waals surface area contributed by atoms with Crippen molar-refractivity contribution in [2.45, 2.75) is 18.9 Å². The lowest BCUT2D eigenvalue weighted by molar-refractivity contribution is -0.385. The number of methoxy groups -OCH3 is 1. The van der Waals surface area contributed by atoms with Crippen LogP contribution in [0.4, 0.5) is 5.69 Å². The van der Waals surface area contributed by atoms with Gasteiger partial charge in [-0.3, -0.25) is 14.9 Å². The van der Waals surface area contributed by atoms with Crippen molar-refractivity contribution in [2.75, 3.05) is 26.9 Å². The Balaban J connectivity index is 1.94. The first-order valence-electron chi connectivity index (χ1n) is 7.33. The topological polar surface area (TPSA) is 81.9 Å². The van der Waals surface area contributed by atoms with Crippen molar-refractivity contribution in [3.63, 3.8) is 0 Å². The molecule has 3 rings (SSSR count). The average molecular weight is 306 g/mol. The minimum atomic E-state index is -0.529. The molecule has 0 bridgehead atoms. The summed E-state index contributed by atoms with van der Waals surface area (Å²) in [4.78, 5) is 25.2. The van der Waals surface area contributed by atoms with Crippen LogP contribution in [-0.4, -0.2) is 48.6 Å². The van der Waals surface area contributed by atoms with Gasteiger partial charge in [0.05, 0.1) is 31.3 Å². The zero-order valence-corrected chi connectivity index (χ0v) is 12.4. The molecule has 7 heteroatoms. The summed E-state index contributed by atoms with van der Waals surface area (Å²) < 4.78 is 10.6. The summed E-state index contributed by atoms with van der Waals surface area (Å²) in [5.74, 6) is 0.574. The number of nitro groups is 1. The second-order valence-electron chi connectivity index (χ2n) is 5.62. The molecule has 0 radical (unpaired) electrons. The zero-order valence-electron chi connectivity index (χ0n) is 12.4. The quantitative estimate of drug-likeness (QED) is 0.626. The molecule has 0 unspecified atom stereocenters. The molecule has 1 aromatic rings. The molecule has 0 spiro atoms. The monoisotopic (exact) mass is 306 g/mol. The maximum absolute atomic E-state index is 12.8. The van der Waals surface area contributed by atoms with E-state index in [0.717, 1.165) is 12.8 Å². The molecular formula is C15H18N2O5. The number of morpholine rings is 1. The van der Waals surface area contributed by atoms with Crippen LogP contribution in [0.5, 0.6) is 5.75 Å². The standard InChI is InChI=1S/C15H18N2O5/c1-21-11-4-5-13(17(19)20)12(8-11)15(18)16-6-7-22-9-14(16)10-2-3-10/h4-5,8,10,14H,2-3,6-7,9H2,1H3/t14-/m1/s1. The number of carbonyl (C=O) groups excluding carboxylic acids is 1. The van der Waals surface area contributed by atoms with Gasteiger partial charge in [-0.15, -0.1) is 0 Å². The van der Waals surface area contributed by atoms with Gasteiger partial charge in [-0.25, -0.2) is 0 Å². The fourth-order valence-electron chi connectivity index (χ4n) is 2.87. The van der Waals surface area contributed by atoms with E-state index in [2.05, 4.69) is 0 Å². The second kappa shape index (κ2) is 5.92. The molecule has 1 amide bonds. The molecule has 2 aliphatic rings. The summed E-state index contributed by atoms with van der Waals surface area (Å²) >= 11 is 0. The molecule has 1 aliphatic carbocycles. The van der Waals surface area contributed by atoms with E-state index >= 15 is 0 Å². The molecule has 7 nitrogen and oxygen atoms in total. The highest BCUT2D eigenvalue weighted by molar-refractivity contribution is 5.98. The largest absolute Gasteiger partial charge is 0.497 e. The van der Waals surface area contributed by atoms with Crippen LogP contribution in [0.3, 0.4) is 0 Å². The van der Waals surface area contributed by atoms with Gasteiger partial charge >= 0.3 is 0 Å². The Hall–Kier alpha value is -2.15. The molecule has 118 valence electrons. The molecule has 0 aromatic heterocycles. The number of rotatable bonds is 4. The molecule has 1 saturated carbocycles. The van der Waals surface area contributed by atoms with Crippen LogP contribution in [0.2, 0.25) is 0 Å². The summed E-state index contributed by atoms with van der Waals surface area (Å²) in [7, 11) is 1.47. The van der Waals surface area contributed by atoms with Crippen molar-refractivity contribution in [1.29, 1.82) is 0 Å². The lowest BCUT2D eigenvalue weighted by Gasteiger charge is -2.35. The smallest absolute Gasteiger partial charge is 0.282 e. The first-order valence-corrected chi connectivity index (χ1v) is 7.33. The number of benzene rings is 1. The molecule has 1 atom stereocenters. The van der Waals surface area contributed by atoms with Crippen molar-refractivity contribution in [1.82, 2.24) is 4.90 Å². The molecule has 1 aliphatic heterocycles. The maximum atomic E-state index is 12.8. The van der Waals surface area contributed by atoms with Crippen LogP contribution in [0, 0.1) is 16.0 Å². The highest BCUT2D eigenvalue weighted by Crippen LogP contribution is 2.37. The first-order chi connectivity index (χ1) is 10.6. The second-order valence-corrected chi connectivity index (χ2v) is 5.62. The lowest BCUT2D eigenvalue weighted by atomic mass is 10.1. The molecule has 2 fully saturated rings. The highest BCUT2D eigenvalue weighted by atomic mass is 16.6. The van der Waals surface area contributed by atoms with E-state index in [1.807, 2.05) is 0 Å². The summed E-state index contributed by atoms with van der Waals surface area (Å²) in [6.45, 7) is 1.44. The van der Waals surface area contributed by atoms with Gasteiger partial charge in [-0.05, 0) is 30.9 Å². The number of hydrogen-bond acceptors (Lipinski definition) is 5. The minimum Gasteiger partial charge on any atom is -0.497 e. The van der Waals surface area contributed by atoms with Gasteiger partial charge in [-0.2, -0.15) is 0 Å². The third-order valence-corrected chi connectivity index (χ3v) is 4.22. The Labute approximate surface area is 128 Å². The van der Waals surface area contributed by atoms with E-state index in [-0.39, 0.29) is 23.2 Å². The summed E-state index contributed by atoms with van der Waals surface area (Å²) in [5.41, 5.74) is -0.108. The summed E-state index contributed by atoms with van der Waals surface area (Å²) in [6, 6.07) is 4.28. The van der Waals surface area contributed by atoms with E-state index in [4.69, 9.17) is 9.47 Å². The summed E-state index contributed by atoms with van der Waals surface area (Å²) in [6.07, 6.45) is 2.16. The number of ether oxygens (including phenoxy) is 2. The molecule has 1 saturated heterocycles. The molecule has 22 heavy (non-hydrogen) atoms. The number of nitrogens with zero attached hydrogens (tertiary/aromatic N) is 2. The Bertz CT molecular complexity index is 600. The van der Waals surface area contributed by atoms with Crippen molar-refractivity contribution in [3.8, 4) is 5.75 Å². The fraction of sp³-hybridized carbons (Fsp3) is 0.533. The van der Waals surface area contributed by atoms with Crippen molar-refractivity contribution in [3.05, 3.63) is 33.9 Å². The van der Waals surface area contributed by atoms with Crippen LogP contribution in [0.15, 0.2) is 18.2 Å². The lowest BCUT2D eigenvalue weighted by Crippen LogP contribution is -2.49. The minimum absolute atomic E-state index is 0.0204. The van der Waals surface area contributed by atoms with Crippen LogP contribution < -0.4 is 4.74 Å². The molecular weight excluding hydrogens is 288 g/mol. The summed E-state index contributed by atoms with van der Waals surface area (Å²) in [5, 5.41) is 11.2. The van der Waals surface area contributed by atoms with E-state index < -0.39 is 4.92 Å². The van der Waals surface area contributed by atoms with Crippen molar-refractivity contribution >= 4 is 11.6 Å². The predicted molar refractivity (Wildman–Crippen MR) is 78.0 cm³/mol. The van der Waals surface area contributed by atoms with Gasteiger partial charge in [0.15, 0.2) is 0 Å². The van der Waals surface area contributed by atoms with Gasteiger partial charge in [0.2, 0.25) is 0 Å². The zero-order chi connectivity index (χ0) is 15.7. The molecule has 0 N–H and O–H groups in total. The fourth-order valence-corrected chi connectivity index (χ4v) is 2.87. The predicted octanol–water partition coefficient (Wildman–Crippen LogP) is 1.85. The van der Waals surface area contributed by atoms with Crippen LogP contribution >= 0.6 is 0 Å². The van der Waals surface area contributed by atoms with Crippen LogP contribution in [-0.2, 0) is 4.74 Å². The van der Waals surface area contributed by atoms with E-state index in [1.165, 1.54) is 25.3 Å². The average Bonchev–Trinajstić information content (AvgIpc) is 3.38. The van der Waals surface area contributed by atoms with Gasteiger partial charge in [0.25, 0.3) is 11.6 Å². The SMILES string of the molecule is COc1ccc([N+](=O)[O-])c(C(=O)N2CCOC[C@@H]2C2CC2)c1. The Morgan fingerprint density at radius 3 is 2.86 bits per heavy atom. The van der Waals surface area contributed by atoms with E-state index in [1.54, 1.807) is 4.90 Å². The first kappa shape index (κ1) is 14.8. The van der Waals surface area contributed by atoms with Crippen molar-refractivity contribution in [2.24, 2.45) is 5.92 Å². The molecule has 1 heterocycles. The number of carbonyl (C=O) groups is 1. The Morgan fingerprint density at radius 2 is 2.23 bits per heavy atom. The van der Waals surface area contributed by atoms with Crippen LogP contribution in [0.25, 0.3) is 0 Å². The van der Waals surface area contributed by atoms with Crippen molar-refractivity contribution < 1.29 is 19.2 Å². The van der Waals surface area contributed by atoms with Gasteiger partial charge in [-0.1, -0.05) is 0 Å². The third-order valence-electron chi connectivity index (χ3n) is 4.22. The van der Waals surface area contributed by atoms with E-state index in [0.29, 0.717) is 31.4 Å². The normalized spacial score (nSPS) is 21.5. The number of nitro benzene ring substituents is 1. The Morgan fingerprint density at radius 1 is 1.45 bits per heavy atom. The van der Waals surface area contributed by atoms with Crippen LogP contribution in [0.1, 0.15) is 23.2 Å². The third kappa shape index (κ3) is 2.76. The highest BCUT2D eigenvalue weighted by Gasteiger charge is 2.40. The molecule has 1 aromatic carbocycles. The van der Waals surface area contributed by atoms with E-state index in [9.17, 15) is 14.9 Å². The maximum Gasteiger partial charge on any atom is 0.282 e. The Kier molecular flexibility index (Phi) is 3.98.